The minimum atomic E-state index is -0.150. The smallest absolute Gasteiger partial charge is 0.251 e. The lowest BCUT2D eigenvalue weighted by Crippen LogP contribution is -2.43. The Morgan fingerprint density at radius 2 is 1.84 bits per heavy atom. The Kier molecular flexibility index (Phi) is 7.89. The number of nitrogens with zero attached hydrogens (tertiary/aromatic N) is 1. The quantitative estimate of drug-likeness (QED) is 0.607. The summed E-state index contributed by atoms with van der Waals surface area (Å²) in [6.45, 7) is 9.94. The van der Waals surface area contributed by atoms with E-state index < -0.39 is 0 Å². The standard InChI is InChI=1S/C24H32N4O3/c1-4-31-22-19(16-26-24(30)18-8-6-5-7-9-18)14-20(27-23(29)17(2)3)15-21(22)28-12-10-25-11-13-28/h5-9,14-15,17,25H,4,10-13,16H2,1-3H3,(H,26,30)(H,27,29). The van der Waals surface area contributed by atoms with E-state index in [4.69, 9.17) is 4.74 Å². The first-order valence-corrected chi connectivity index (χ1v) is 10.9. The minimum absolute atomic E-state index is 0.0466. The molecule has 7 nitrogen and oxygen atoms in total. The number of rotatable bonds is 8. The molecule has 0 spiro atoms. The third-order valence-corrected chi connectivity index (χ3v) is 5.16. The molecule has 0 unspecified atom stereocenters. The Morgan fingerprint density at radius 3 is 2.48 bits per heavy atom. The Labute approximate surface area is 184 Å². The maximum Gasteiger partial charge on any atom is 0.251 e. The average Bonchev–Trinajstić information content (AvgIpc) is 2.79. The molecule has 0 aliphatic carbocycles. The van der Waals surface area contributed by atoms with Crippen molar-refractivity contribution in [3.05, 3.63) is 53.6 Å². The van der Waals surface area contributed by atoms with Gasteiger partial charge >= 0.3 is 0 Å². The van der Waals surface area contributed by atoms with Gasteiger partial charge in [-0.05, 0) is 31.2 Å². The number of hydrogen-bond acceptors (Lipinski definition) is 5. The van der Waals surface area contributed by atoms with Crippen molar-refractivity contribution >= 4 is 23.2 Å². The highest BCUT2D eigenvalue weighted by atomic mass is 16.5. The molecule has 0 radical (unpaired) electrons. The predicted octanol–water partition coefficient (Wildman–Crippen LogP) is 3.02. The predicted molar refractivity (Wildman–Crippen MR) is 124 cm³/mol. The number of hydrogen-bond donors (Lipinski definition) is 3. The Bertz CT molecular complexity index is 893. The summed E-state index contributed by atoms with van der Waals surface area (Å²) in [5.74, 6) is 0.425. The third kappa shape index (κ3) is 5.98. The van der Waals surface area contributed by atoms with E-state index in [2.05, 4.69) is 20.9 Å². The van der Waals surface area contributed by atoms with Crippen LogP contribution in [-0.2, 0) is 11.3 Å². The highest BCUT2D eigenvalue weighted by Crippen LogP contribution is 2.36. The first-order valence-electron chi connectivity index (χ1n) is 10.9. The van der Waals surface area contributed by atoms with Gasteiger partial charge in [0.2, 0.25) is 5.91 Å². The summed E-state index contributed by atoms with van der Waals surface area (Å²) in [6, 6.07) is 13.0. The third-order valence-electron chi connectivity index (χ3n) is 5.16. The summed E-state index contributed by atoms with van der Waals surface area (Å²) in [5.41, 5.74) is 3.08. The van der Waals surface area contributed by atoms with Crippen LogP contribution < -0.4 is 25.6 Å². The van der Waals surface area contributed by atoms with Gasteiger partial charge in [0.15, 0.2) is 0 Å². The normalized spacial score (nSPS) is 13.7. The molecular formula is C24H32N4O3. The average molecular weight is 425 g/mol. The van der Waals surface area contributed by atoms with Crippen LogP contribution in [0.4, 0.5) is 11.4 Å². The van der Waals surface area contributed by atoms with E-state index in [1.807, 2.05) is 51.1 Å². The molecule has 0 atom stereocenters. The number of carbonyl (C=O) groups is 2. The molecule has 3 N–H and O–H groups in total. The number of nitrogens with one attached hydrogen (secondary N) is 3. The van der Waals surface area contributed by atoms with Crippen molar-refractivity contribution in [2.75, 3.05) is 43.0 Å². The molecule has 7 heteroatoms. The van der Waals surface area contributed by atoms with Crippen molar-refractivity contribution in [3.63, 3.8) is 0 Å². The van der Waals surface area contributed by atoms with Crippen molar-refractivity contribution in [2.45, 2.75) is 27.3 Å². The molecule has 166 valence electrons. The first kappa shape index (κ1) is 22.6. The maximum absolute atomic E-state index is 12.6. The van der Waals surface area contributed by atoms with Gasteiger partial charge < -0.3 is 25.6 Å². The largest absolute Gasteiger partial charge is 0.491 e. The Morgan fingerprint density at radius 1 is 1.13 bits per heavy atom. The molecular weight excluding hydrogens is 392 g/mol. The molecule has 1 fully saturated rings. The molecule has 1 aliphatic rings. The summed E-state index contributed by atoms with van der Waals surface area (Å²) in [5, 5.41) is 9.35. The van der Waals surface area contributed by atoms with Gasteiger partial charge in [-0.1, -0.05) is 32.0 Å². The molecule has 0 saturated carbocycles. The molecule has 1 aliphatic heterocycles. The lowest BCUT2D eigenvalue weighted by atomic mass is 10.1. The molecule has 0 aromatic heterocycles. The Hall–Kier alpha value is -3.06. The molecule has 2 aromatic carbocycles. The van der Waals surface area contributed by atoms with Gasteiger partial charge in [0, 0.05) is 55.5 Å². The molecule has 2 aromatic rings. The van der Waals surface area contributed by atoms with E-state index in [1.54, 1.807) is 12.1 Å². The second-order valence-corrected chi connectivity index (χ2v) is 7.85. The zero-order valence-electron chi connectivity index (χ0n) is 18.5. The highest BCUT2D eigenvalue weighted by molar-refractivity contribution is 5.95. The molecule has 2 amide bonds. The molecule has 1 saturated heterocycles. The molecule has 31 heavy (non-hydrogen) atoms. The van der Waals surface area contributed by atoms with Gasteiger partial charge in [0.1, 0.15) is 5.75 Å². The summed E-state index contributed by atoms with van der Waals surface area (Å²) < 4.78 is 6.04. The summed E-state index contributed by atoms with van der Waals surface area (Å²) >= 11 is 0. The van der Waals surface area contributed by atoms with Gasteiger partial charge in [0.25, 0.3) is 5.91 Å². The zero-order valence-corrected chi connectivity index (χ0v) is 18.5. The van der Waals surface area contributed by atoms with Crippen LogP contribution in [0.1, 0.15) is 36.7 Å². The van der Waals surface area contributed by atoms with Crippen LogP contribution in [0.3, 0.4) is 0 Å². The molecule has 0 bridgehead atoms. The minimum Gasteiger partial charge on any atom is -0.491 e. The van der Waals surface area contributed by atoms with Gasteiger partial charge in [-0.2, -0.15) is 0 Å². The van der Waals surface area contributed by atoms with E-state index in [1.165, 1.54) is 0 Å². The summed E-state index contributed by atoms with van der Waals surface area (Å²) in [7, 11) is 0. The van der Waals surface area contributed by atoms with Crippen LogP contribution >= 0.6 is 0 Å². The van der Waals surface area contributed by atoms with Crippen LogP contribution in [-0.4, -0.2) is 44.6 Å². The zero-order chi connectivity index (χ0) is 22.2. The number of carbonyl (C=O) groups excluding carboxylic acids is 2. The topological polar surface area (TPSA) is 82.7 Å². The van der Waals surface area contributed by atoms with Gasteiger partial charge in [-0.25, -0.2) is 0 Å². The van der Waals surface area contributed by atoms with Crippen LogP contribution in [0.5, 0.6) is 5.75 Å². The Balaban J connectivity index is 1.93. The first-order chi connectivity index (χ1) is 15.0. The highest BCUT2D eigenvalue weighted by Gasteiger charge is 2.21. The number of benzene rings is 2. The lowest BCUT2D eigenvalue weighted by Gasteiger charge is -2.32. The van der Waals surface area contributed by atoms with Crippen molar-refractivity contribution in [2.24, 2.45) is 5.92 Å². The van der Waals surface area contributed by atoms with Gasteiger partial charge in [-0.15, -0.1) is 0 Å². The second kappa shape index (κ2) is 10.8. The van der Waals surface area contributed by atoms with Crippen LogP contribution in [0, 0.1) is 5.92 Å². The van der Waals surface area contributed by atoms with Gasteiger partial charge in [-0.3, -0.25) is 9.59 Å². The van der Waals surface area contributed by atoms with Gasteiger partial charge in [0.05, 0.1) is 12.3 Å². The number of ether oxygens (including phenoxy) is 1. The fourth-order valence-corrected chi connectivity index (χ4v) is 3.48. The van der Waals surface area contributed by atoms with Crippen molar-refractivity contribution in [1.29, 1.82) is 0 Å². The van der Waals surface area contributed by atoms with Crippen molar-refractivity contribution in [1.82, 2.24) is 10.6 Å². The number of piperazine rings is 1. The van der Waals surface area contributed by atoms with Crippen molar-refractivity contribution < 1.29 is 14.3 Å². The fraction of sp³-hybridized carbons (Fsp3) is 0.417. The number of amides is 2. The van der Waals surface area contributed by atoms with Crippen LogP contribution in [0.25, 0.3) is 0 Å². The van der Waals surface area contributed by atoms with E-state index in [9.17, 15) is 9.59 Å². The van der Waals surface area contributed by atoms with E-state index in [0.29, 0.717) is 24.4 Å². The van der Waals surface area contributed by atoms with Crippen LogP contribution in [0.15, 0.2) is 42.5 Å². The van der Waals surface area contributed by atoms with E-state index in [0.717, 1.165) is 43.2 Å². The fourth-order valence-electron chi connectivity index (χ4n) is 3.48. The van der Waals surface area contributed by atoms with Crippen LogP contribution in [0.2, 0.25) is 0 Å². The summed E-state index contributed by atoms with van der Waals surface area (Å²) in [6.07, 6.45) is 0. The SMILES string of the molecule is CCOc1c(CNC(=O)c2ccccc2)cc(NC(=O)C(C)C)cc1N1CCNCC1. The van der Waals surface area contributed by atoms with E-state index in [-0.39, 0.29) is 17.7 Å². The molecule has 3 rings (SSSR count). The number of anilines is 2. The second-order valence-electron chi connectivity index (χ2n) is 7.85. The monoisotopic (exact) mass is 424 g/mol. The maximum atomic E-state index is 12.6. The van der Waals surface area contributed by atoms with E-state index >= 15 is 0 Å². The summed E-state index contributed by atoms with van der Waals surface area (Å²) in [4.78, 5) is 27.2. The van der Waals surface area contributed by atoms with Crippen molar-refractivity contribution in [3.8, 4) is 5.75 Å². The molecule has 1 heterocycles. The lowest BCUT2D eigenvalue weighted by molar-refractivity contribution is -0.118.